The SMILES string of the molecule is O=C1[C@H]2[C@@H]3C=C[C@@](CO)(O3)[C@@H]2C(=O)N1c1ccccc1Br. The Balaban J connectivity index is 1.81. The molecule has 0 aliphatic carbocycles. The summed E-state index contributed by atoms with van der Waals surface area (Å²) in [5, 5.41) is 9.64. The molecule has 2 bridgehead atoms. The summed E-state index contributed by atoms with van der Waals surface area (Å²) in [7, 11) is 0. The second-order valence-electron chi connectivity index (χ2n) is 5.52. The maximum Gasteiger partial charge on any atom is 0.241 e. The number of amides is 2. The van der Waals surface area contributed by atoms with Crippen LogP contribution in [0, 0.1) is 11.8 Å². The number of benzene rings is 1. The summed E-state index contributed by atoms with van der Waals surface area (Å²) < 4.78 is 6.38. The largest absolute Gasteiger partial charge is 0.393 e. The molecule has 4 rings (SSSR count). The van der Waals surface area contributed by atoms with E-state index in [1.165, 1.54) is 4.90 Å². The number of carbonyl (C=O) groups excluding carboxylic acids is 2. The molecule has 2 fully saturated rings. The van der Waals surface area contributed by atoms with E-state index in [-0.39, 0.29) is 18.4 Å². The number of nitrogens with zero attached hydrogens (tertiary/aromatic N) is 1. The number of aliphatic hydroxyl groups is 1. The van der Waals surface area contributed by atoms with Gasteiger partial charge in [0.2, 0.25) is 11.8 Å². The van der Waals surface area contributed by atoms with Gasteiger partial charge in [0.05, 0.1) is 30.2 Å². The van der Waals surface area contributed by atoms with Crippen LogP contribution in [0.5, 0.6) is 0 Å². The van der Waals surface area contributed by atoms with Gasteiger partial charge < -0.3 is 9.84 Å². The Morgan fingerprint density at radius 1 is 1.29 bits per heavy atom. The van der Waals surface area contributed by atoms with Gasteiger partial charge in [0, 0.05) is 4.47 Å². The van der Waals surface area contributed by atoms with Gasteiger partial charge in [-0.3, -0.25) is 9.59 Å². The van der Waals surface area contributed by atoms with E-state index in [4.69, 9.17) is 4.74 Å². The van der Waals surface area contributed by atoms with Crippen molar-refractivity contribution < 1.29 is 19.4 Å². The highest BCUT2D eigenvalue weighted by Gasteiger charge is 2.67. The summed E-state index contributed by atoms with van der Waals surface area (Å²) in [6.45, 7) is -0.302. The van der Waals surface area contributed by atoms with Crippen LogP contribution in [0.25, 0.3) is 0 Å². The van der Waals surface area contributed by atoms with E-state index >= 15 is 0 Å². The highest BCUT2D eigenvalue weighted by Crippen LogP contribution is 2.52. The minimum Gasteiger partial charge on any atom is -0.393 e. The van der Waals surface area contributed by atoms with E-state index in [0.717, 1.165) is 0 Å². The van der Waals surface area contributed by atoms with E-state index in [0.29, 0.717) is 10.2 Å². The Bertz CT molecular complexity index is 688. The molecule has 3 heterocycles. The monoisotopic (exact) mass is 349 g/mol. The van der Waals surface area contributed by atoms with Crippen molar-refractivity contribution >= 4 is 33.4 Å². The zero-order chi connectivity index (χ0) is 14.8. The molecule has 1 aromatic rings. The van der Waals surface area contributed by atoms with Gasteiger partial charge in [0.1, 0.15) is 5.60 Å². The van der Waals surface area contributed by atoms with Gasteiger partial charge in [0.25, 0.3) is 0 Å². The van der Waals surface area contributed by atoms with E-state index in [9.17, 15) is 14.7 Å². The van der Waals surface area contributed by atoms with Gasteiger partial charge in [-0.1, -0.05) is 24.3 Å². The molecule has 3 aliphatic heterocycles. The van der Waals surface area contributed by atoms with Gasteiger partial charge in [-0.15, -0.1) is 0 Å². The van der Waals surface area contributed by atoms with Gasteiger partial charge >= 0.3 is 0 Å². The molecule has 0 unspecified atom stereocenters. The van der Waals surface area contributed by atoms with E-state index in [1.807, 2.05) is 6.07 Å². The number of hydrogen-bond acceptors (Lipinski definition) is 4. The number of rotatable bonds is 2. The molecule has 6 heteroatoms. The fraction of sp³-hybridized carbons (Fsp3) is 0.333. The highest BCUT2D eigenvalue weighted by molar-refractivity contribution is 9.10. The quantitative estimate of drug-likeness (QED) is 0.644. The van der Waals surface area contributed by atoms with Crippen molar-refractivity contribution in [3.05, 3.63) is 40.9 Å². The third-order valence-corrected chi connectivity index (χ3v) is 5.17. The second-order valence-corrected chi connectivity index (χ2v) is 6.38. The molecule has 0 saturated carbocycles. The summed E-state index contributed by atoms with van der Waals surface area (Å²) >= 11 is 3.38. The molecule has 2 amide bonds. The molecule has 0 spiro atoms. The van der Waals surface area contributed by atoms with Crippen LogP contribution >= 0.6 is 15.9 Å². The van der Waals surface area contributed by atoms with Gasteiger partial charge in [0.15, 0.2) is 0 Å². The van der Waals surface area contributed by atoms with Gasteiger partial charge in [-0.05, 0) is 28.1 Å². The summed E-state index contributed by atoms with van der Waals surface area (Å²) in [6.07, 6.45) is 3.06. The Kier molecular flexibility index (Phi) is 2.67. The third kappa shape index (κ3) is 1.52. The maximum absolute atomic E-state index is 12.8. The molecular weight excluding hydrogens is 338 g/mol. The first-order valence-electron chi connectivity index (χ1n) is 6.69. The number of halogens is 1. The van der Waals surface area contributed by atoms with Crippen molar-refractivity contribution in [2.45, 2.75) is 11.7 Å². The Morgan fingerprint density at radius 3 is 2.76 bits per heavy atom. The molecular formula is C15H12BrNO4. The summed E-state index contributed by atoms with van der Waals surface area (Å²) in [5.41, 5.74) is -0.507. The average molecular weight is 350 g/mol. The van der Waals surface area contributed by atoms with Crippen molar-refractivity contribution in [2.75, 3.05) is 11.5 Å². The van der Waals surface area contributed by atoms with E-state index in [2.05, 4.69) is 15.9 Å². The first-order valence-corrected chi connectivity index (χ1v) is 7.49. The predicted octanol–water partition coefficient (Wildman–Crippen LogP) is 1.25. The van der Waals surface area contributed by atoms with Crippen LogP contribution in [0.1, 0.15) is 0 Å². The van der Waals surface area contributed by atoms with Crippen LogP contribution in [0.2, 0.25) is 0 Å². The number of imide groups is 1. The minimum absolute atomic E-state index is 0.262. The molecule has 0 aromatic heterocycles. The number of aliphatic hydroxyl groups excluding tert-OH is 1. The summed E-state index contributed by atoms with van der Waals surface area (Å²) in [5.74, 6) is -1.75. The zero-order valence-electron chi connectivity index (χ0n) is 10.9. The molecule has 1 aromatic carbocycles. The molecule has 108 valence electrons. The van der Waals surface area contributed by atoms with Gasteiger partial charge in [-0.2, -0.15) is 0 Å². The van der Waals surface area contributed by atoms with Crippen LogP contribution < -0.4 is 4.90 Å². The first kappa shape index (κ1) is 13.2. The van der Waals surface area contributed by atoms with E-state index < -0.39 is 23.5 Å². The standard InChI is InChI=1S/C15H12BrNO4/c16-8-3-1-2-4-9(8)17-13(19)11-10-5-6-15(7-18,21-10)12(11)14(17)20/h1-6,10-12,18H,7H2/t10-,11-,12-,15-/m0/s1. The summed E-state index contributed by atoms with van der Waals surface area (Å²) in [4.78, 5) is 26.7. The Hall–Kier alpha value is -1.50. The number of fused-ring (bicyclic) bond motifs is 5. The topological polar surface area (TPSA) is 66.8 Å². The van der Waals surface area contributed by atoms with Crippen LogP contribution in [-0.4, -0.2) is 35.2 Å². The number of hydrogen-bond donors (Lipinski definition) is 1. The lowest BCUT2D eigenvalue weighted by Crippen LogP contribution is -2.43. The van der Waals surface area contributed by atoms with Crippen molar-refractivity contribution in [1.29, 1.82) is 0 Å². The number of anilines is 1. The smallest absolute Gasteiger partial charge is 0.241 e. The zero-order valence-corrected chi connectivity index (χ0v) is 12.5. The minimum atomic E-state index is -1.04. The number of carbonyl (C=O) groups is 2. The molecule has 0 radical (unpaired) electrons. The van der Waals surface area contributed by atoms with Crippen molar-refractivity contribution in [1.82, 2.24) is 0 Å². The summed E-state index contributed by atoms with van der Waals surface area (Å²) in [6, 6.07) is 7.11. The van der Waals surface area contributed by atoms with Crippen molar-refractivity contribution in [3.8, 4) is 0 Å². The van der Waals surface area contributed by atoms with E-state index in [1.54, 1.807) is 30.4 Å². The molecule has 3 aliphatic rings. The van der Waals surface area contributed by atoms with Crippen molar-refractivity contribution in [2.24, 2.45) is 11.8 Å². The van der Waals surface area contributed by atoms with Crippen molar-refractivity contribution in [3.63, 3.8) is 0 Å². The highest BCUT2D eigenvalue weighted by atomic mass is 79.9. The fourth-order valence-corrected chi connectivity index (χ4v) is 4.02. The first-order chi connectivity index (χ1) is 10.1. The third-order valence-electron chi connectivity index (χ3n) is 4.50. The van der Waals surface area contributed by atoms with Crippen LogP contribution in [0.15, 0.2) is 40.9 Å². The molecule has 2 saturated heterocycles. The molecule has 5 nitrogen and oxygen atoms in total. The Morgan fingerprint density at radius 2 is 2.05 bits per heavy atom. The number of ether oxygens (including phenoxy) is 1. The second kappa shape index (κ2) is 4.25. The average Bonchev–Trinajstić information content (AvgIpc) is 3.12. The maximum atomic E-state index is 12.8. The predicted molar refractivity (Wildman–Crippen MR) is 77.4 cm³/mol. The van der Waals surface area contributed by atoms with Crippen LogP contribution in [0.3, 0.4) is 0 Å². The van der Waals surface area contributed by atoms with Crippen LogP contribution in [0.4, 0.5) is 5.69 Å². The molecule has 1 N–H and O–H groups in total. The normalized spacial score (nSPS) is 36.7. The number of para-hydroxylation sites is 1. The van der Waals surface area contributed by atoms with Crippen LogP contribution in [-0.2, 0) is 14.3 Å². The lowest BCUT2D eigenvalue weighted by atomic mass is 9.77. The van der Waals surface area contributed by atoms with Gasteiger partial charge in [-0.25, -0.2) is 4.90 Å². The molecule has 4 atom stereocenters. The Labute approximate surface area is 129 Å². The lowest BCUT2D eigenvalue weighted by Gasteiger charge is -2.26. The fourth-order valence-electron chi connectivity index (χ4n) is 3.55. The molecule has 21 heavy (non-hydrogen) atoms. The lowest BCUT2D eigenvalue weighted by molar-refractivity contribution is -0.128.